The van der Waals surface area contributed by atoms with Gasteiger partial charge in [0.15, 0.2) is 0 Å². The van der Waals surface area contributed by atoms with E-state index in [1.54, 1.807) is 18.2 Å². The number of phenolic OH excluding ortho intramolecular Hbond substituents is 1. The molecule has 0 atom stereocenters. The molecule has 128 valence electrons. The summed E-state index contributed by atoms with van der Waals surface area (Å²) in [5.41, 5.74) is 1.82. The minimum atomic E-state index is -2.88. The van der Waals surface area contributed by atoms with Crippen LogP contribution in [-0.2, 0) is 22.6 Å². The van der Waals surface area contributed by atoms with Gasteiger partial charge in [-0.15, -0.1) is 0 Å². The number of hydrogen-bond acceptors (Lipinski definition) is 4. The fraction of sp³-hybridized carbons (Fsp3) is 0.235. The minimum Gasteiger partial charge on any atom is -0.508 e. The summed E-state index contributed by atoms with van der Waals surface area (Å²) in [4.78, 5) is 10.8. The zero-order valence-corrected chi connectivity index (χ0v) is 13.5. The summed E-state index contributed by atoms with van der Waals surface area (Å²) in [5.74, 6) is -0.404. The van der Waals surface area contributed by atoms with Gasteiger partial charge in [0.1, 0.15) is 18.1 Å². The molecule has 0 amide bonds. The predicted octanol–water partition coefficient (Wildman–Crippen LogP) is 4.30. The van der Waals surface area contributed by atoms with Gasteiger partial charge < -0.3 is 14.6 Å². The van der Waals surface area contributed by atoms with Crippen LogP contribution in [0.5, 0.6) is 11.5 Å². The molecule has 0 radical (unpaired) electrons. The van der Waals surface area contributed by atoms with Crippen molar-refractivity contribution in [3.05, 3.63) is 58.1 Å². The van der Waals surface area contributed by atoms with Gasteiger partial charge in [-0.1, -0.05) is 23.7 Å². The van der Waals surface area contributed by atoms with Crippen molar-refractivity contribution in [2.24, 2.45) is 0 Å². The molecule has 0 aliphatic heterocycles. The maximum absolute atomic E-state index is 12.1. The van der Waals surface area contributed by atoms with E-state index >= 15 is 0 Å². The molecule has 24 heavy (non-hydrogen) atoms. The maximum atomic E-state index is 12.1. The fourth-order valence-electron chi connectivity index (χ4n) is 2.11. The summed E-state index contributed by atoms with van der Waals surface area (Å²) in [6, 6.07) is 9.13. The number of carbonyl (C=O) groups is 1. The molecule has 0 heterocycles. The van der Waals surface area contributed by atoms with Crippen molar-refractivity contribution in [1.29, 1.82) is 0 Å². The number of aromatic hydroxyl groups is 1. The van der Waals surface area contributed by atoms with Gasteiger partial charge in [0, 0.05) is 23.9 Å². The lowest BCUT2D eigenvalue weighted by molar-refractivity contribution is -0.142. The number of carbonyl (C=O) groups excluding carboxylic acids is 1. The van der Waals surface area contributed by atoms with Crippen LogP contribution >= 0.6 is 11.6 Å². The number of alkyl halides is 2. The Morgan fingerprint density at radius 2 is 1.88 bits per heavy atom. The van der Waals surface area contributed by atoms with E-state index < -0.39 is 12.6 Å². The molecule has 0 aliphatic rings. The van der Waals surface area contributed by atoms with Gasteiger partial charge in [-0.2, -0.15) is 8.78 Å². The van der Waals surface area contributed by atoms with Gasteiger partial charge in [-0.25, -0.2) is 0 Å². The zero-order chi connectivity index (χ0) is 17.7. The molecule has 0 bridgehead atoms. The fourth-order valence-corrected chi connectivity index (χ4v) is 2.42. The molecule has 2 aromatic rings. The Labute approximate surface area is 142 Å². The van der Waals surface area contributed by atoms with Crippen molar-refractivity contribution >= 4 is 17.6 Å². The van der Waals surface area contributed by atoms with E-state index in [0.29, 0.717) is 22.6 Å². The van der Waals surface area contributed by atoms with E-state index in [4.69, 9.17) is 16.3 Å². The molecule has 0 aliphatic carbocycles. The molecule has 0 spiro atoms. The lowest BCUT2D eigenvalue weighted by Gasteiger charge is -2.11. The minimum absolute atomic E-state index is 0.0164. The molecule has 0 saturated carbocycles. The van der Waals surface area contributed by atoms with Crippen LogP contribution in [0.1, 0.15) is 23.6 Å². The average Bonchev–Trinajstić information content (AvgIpc) is 2.50. The molecule has 0 saturated heterocycles. The van der Waals surface area contributed by atoms with Crippen molar-refractivity contribution in [3.8, 4) is 11.5 Å². The number of rotatable bonds is 6. The molecular formula is C17H15ClF2O4. The largest absolute Gasteiger partial charge is 0.508 e. The first-order valence-corrected chi connectivity index (χ1v) is 7.40. The van der Waals surface area contributed by atoms with Gasteiger partial charge in [-0.3, -0.25) is 4.79 Å². The molecular weight excluding hydrogens is 342 g/mol. The van der Waals surface area contributed by atoms with Gasteiger partial charge in [0.25, 0.3) is 0 Å². The Bertz CT molecular complexity index is 694. The SMILES string of the molecule is CC(=O)OCc1cc(O)c(Cc2ccc(OC(F)F)cc2)c(Cl)c1. The highest BCUT2D eigenvalue weighted by Gasteiger charge is 2.11. The summed E-state index contributed by atoms with van der Waals surface area (Å²) in [6.07, 6.45) is 0.313. The van der Waals surface area contributed by atoms with Crippen molar-refractivity contribution in [2.75, 3.05) is 0 Å². The monoisotopic (exact) mass is 356 g/mol. The standard InChI is InChI=1S/C17H15ClF2O4/c1-10(21)23-9-12-7-15(18)14(16(22)8-12)6-11-2-4-13(5-3-11)24-17(19)20/h2-5,7-8,17,22H,6,9H2,1H3. The summed E-state index contributed by atoms with van der Waals surface area (Å²) in [6.45, 7) is -1.57. The lowest BCUT2D eigenvalue weighted by Crippen LogP contribution is -2.02. The Balaban J connectivity index is 2.13. The third-order valence-corrected chi connectivity index (χ3v) is 3.54. The van der Waals surface area contributed by atoms with E-state index in [1.165, 1.54) is 25.1 Å². The Morgan fingerprint density at radius 1 is 1.21 bits per heavy atom. The molecule has 2 aromatic carbocycles. The van der Waals surface area contributed by atoms with E-state index in [2.05, 4.69) is 4.74 Å². The summed E-state index contributed by atoms with van der Waals surface area (Å²) < 4.78 is 33.4. The van der Waals surface area contributed by atoms with E-state index in [1.807, 2.05) is 0 Å². The van der Waals surface area contributed by atoms with Crippen LogP contribution in [0.2, 0.25) is 5.02 Å². The number of benzene rings is 2. The highest BCUT2D eigenvalue weighted by Crippen LogP contribution is 2.30. The van der Waals surface area contributed by atoms with Crippen LogP contribution < -0.4 is 4.74 Å². The Morgan fingerprint density at radius 3 is 2.42 bits per heavy atom. The molecule has 0 unspecified atom stereocenters. The number of halogens is 3. The first kappa shape index (κ1) is 18.0. The summed E-state index contributed by atoms with van der Waals surface area (Å²) in [5, 5.41) is 10.4. The molecule has 0 fully saturated rings. The van der Waals surface area contributed by atoms with E-state index in [0.717, 1.165) is 5.56 Å². The van der Waals surface area contributed by atoms with Crippen LogP contribution in [0.4, 0.5) is 8.78 Å². The van der Waals surface area contributed by atoms with Crippen molar-refractivity contribution in [1.82, 2.24) is 0 Å². The first-order valence-electron chi connectivity index (χ1n) is 7.02. The Kier molecular flexibility index (Phi) is 5.98. The van der Waals surface area contributed by atoms with E-state index in [9.17, 15) is 18.7 Å². The topological polar surface area (TPSA) is 55.8 Å². The zero-order valence-electron chi connectivity index (χ0n) is 12.8. The lowest BCUT2D eigenvalue weighted by atomic mass is 10.0. The third kappa shape index (κ3) is 5.09. The predicted molar refractivity (Wildman–Crippen MR) is 84.5 cm³/mol. The Hall–Kier alpha value is -2.34. The molecule has 1 N–H and O–H groups in total. The van der Waals surface area contributed by atoms with Crippen LogP contribution in [0.25, 0.3) is 0 Å². The van der Waals surface area contributed by atoms with Gasteiger partial charge in [0.2, 0.25) is 0 Å². The summed E-state index contributed by atoms with van der Waals surface area (Å²) >= 11 is 6.18. The highest BCUT2D eigenvalue weighted by molar-refractivity contribution is 6.31. The van der Waals surface area contributed by atoms with Crippen LogP contribution in [0.15, 0.2) is 36.4 Å². The third-order valence-electron chi connectivity index (χ3n) is 3.20. The second-order valence-corrected chi connectivity index (χ2v) is 5.46. The number of hydrogen-bond donors (Lipinski definition) is 1. The van der Waals surface area contributed by atoms with Crippen LogP contribution in [-0.4, -0.2) is 17.7 Å². The number of esters is 1. The normalized spacial score (nSPS) is 10.7. The van der Waals surface area contributed by atoms with Crippen LogP contribution in [0.3, 0.4) is 0 Å². The van der Waals surface area contributed by atoms with Crippen molar-refractivity contribution in [3.63, 3.8) is 0 Å². The second-order valence-electron chi connectivity index (χ2n) is 5.05. The highest BCUT2D eigenvalue weighted by atomic mass is 35.5. The number of phenols is 1. The van der Waals surface area contributed by atoms with Gasteiger partial charge in [-0.05, 0) is 35.4 Å². The quantitative estimate of drug-likeness (QED) is 0.784. The van der Waals surface area contributed by atoms with Crippen molar-refractivity contribution < 1.29 is 28.2 Å². The smallest absolute Gasteiger partial charge is 0.387 e. The van der Waals surface area contributed by atoms with Crippen molar-refractivity contribution in [2.45, 2.75) is 26.6 Å². The summed E-state index contributed by atoms with van der Waals surface area (Å²) in [7, 11) is 0. The first-order chi connectivity index (χ1) is 11.3. The van der Waals surface area contributed by atoms with Crippen LogP contribution in [0, 0.1) is 0 Å². The molecule has 7 heteroatoms. The second kappa shape index (κ2) is 7.97. The maximum Gasteiger partial charge on any atom is 0.387 e. The average molecular weight is 357 g/mol. The van der Waals surface area contributed by atoms with Gasteiger partial charge in [0.05, 0.1) is 0 Å². The molecule has 2 rings (SSSR count). The molecule has 0 aromatic heterocycles. The van der Waals surface area contributed by atoms with E-state index in [-0.39, 0.29) is 18.1 Å². The van der Waals surface area contributed by atoms with Gasteiger partial charge >= 0.3 is 12.6 Å². The molecule has 4 nitrogen and oxygen atoms in total. The number of ether oxygens (including phenoxy) is 2.